The zero-order valence-electron chi connectivity index (χ0n) is 12.0. The first-order chi connectivity index (χ1) is 9.77. The van der Waals surface area contributed by atoms with Gasteiger partial charge in [-0.3, -0.25) is 10.1 Å². The lowest BCUT2D eigenvalue weighted by atomic mass is 9.99. The molecule has 1 aliphatic heterocycles. The minimum Gasteiger partial charge on any atom is -0.320 e. The van der Waals surface area contributed by atoms with Crippen LogP contribution in [0.15, 0.2) is 17.5 Å². The molecule has 0 saturated carbocycles. The average molecular weight is 320 g/mol. The molecule has 0 radical (unpaired) electrons. The van der Waals surface area contributed by atoms with Gasteiger partial charge in [0.25, 0.3) is 0 Å². The molecular formula is C14H19F3N2OS. The Kier molecular flexibility index (Phi) is 4.63. The van der Waals surface area contributed by atoms with Crippen molar-refractivity contribution in [3.05, 3.63) is 22.4 Å². The number of halogens is 3. The third kappa shape index (κ3) is 3.58. The van der Waals surface area contributed by atoms with E-state index in [4.69, 9.17) is 0 Å². The van der Waals surface area contributed by atoms with Crippen LogP contribution in [0.2, 0.25) is 0 Å². The highest BCUT2D eigenvalue weighted by atomic mass is 32.1. The van der Waals surface area contributed by atoms with E-state index in [0.717, 1.165) is 4.88 Å². The van der Waals surface area contributed by atoms with Crippen LogP contribution < -0.4 is 5.32 Å². The number of carbonyl (C=O) groups excluding carboxylic acids is 1. The molecular weight excluding hydrogens is 301 g/mol. The first kappa shape index (κ1) is 16.3. The smallest absolute Gasteiger partial charge is 0.320 e. The van der Waals surface area contributed by atoms with Gasteiger partial charge in [-0.2, -0.15) is 13.2 Å². The maximum atomic E-state index is 12.5. The van der Waals surface area contributed by atoms with E-state index in [1.807, 2.05) is 24.4 Å². The largest absolute Gasteiger partial charge is 0.389 e. The number of carbonyl (C=O) groups is 1. The summed E-state index contributed by atoms with van der Waals surface area (Å²) < 4.78 is 36.9. The molecule has 1 amide bonds. The summed E-state index contributed by atoms with van der Waals surface area (Å²) in [5.74, 6) is -0.120. The van der Waals surface area contributed by atoms with Gasteiger partial charge in [0.2, 0.25) is 5.91 Å². The van der Waals surface area contributed by atoms with Crippen molar-refractivity contribution in [2.24, 2.45) is 0 Å². The molecule has 1 aromatic rings. The number of alkyl halides is 3. The molecule has 1 aromatic heterocycles. The van der Waals surface area contributed by atoms with E-state index in [9.17, 15) is 18.0 Å². The molecule has 1 aliphatic rings. The van der Waals surface area contributed by atoms with Gasteiger partial charge in [-0.15, -0.1) is 11.3 Å². The van der Waals surface area contributed by atoms with E-state index in [2.05, 4.69) is 5.32 Å². The number of hydrogen-bond donors (Lipinski definition) is 1. The van der Waals surface area contributed by atoms with Gasteiger partial charge in [-0.05, 0) is 31.2 Å². The van der Waals surface area contributed by atoms with E-state index in [1.165, 1.54) is 11.3 Å². The Hall–Kier alpha value is -1.08. The summed E-state index contributed by atoms with van der Waals surface area (Å²) in [7, 11) is 0. The van der Waals surface area contributed by atoms with Crippen LogP contribution in [0, 0.1) is 0 Å². The van der Waals surface area contributed by atoms with Crippen LogP contribution in [-0.4, -0.2) is 29.1 Å². The monoisotopic (exact) mass is 320 g/mol. The van der Waals surface area contributed by atoms with Crippen LogP contribution in [0.25, 0.3) is 0 Å². The van der Waals surface area contributed by atoms with Gasteiger partial charge in [0.15, 0.2) is 0 Å². The van der Waals surface area contributed by atoms with Gasteiger partial charge >= 0.3 is 6.18 Å². The minimum absolute atomic E-state index is 0.0708. The number of thiophene rings is 1. The molecule has 118 valence electrons. The summed E-state index contributed by atoms with van der Waals surface area (Å²) in [6.45, 7) is 3.82. The molecule has 0 spiro atoms. The zero-order valence-corrected chi connectivity index (χ0v) is 12.9. The van der Waals surface area contributed by atoms with E-state index < -0.39 is 18.1 Å². The predicted molar refractivity (Wildman–Crippen MR) is 75.9 cm³/mol. The van der Waals surface area contributed by atoms with Crippen molar-refractivity contribution < 1.29 is 18.0 Å². The lowest BCUT2D eigenvalue weighted by molar-refractivity contribution is -0.141. The maximum absolute atomic E-state index is 12.5. The topological polar surface area (TPSA) is 32.3 Å². The Morgan fingerprint density at radius 1 is 1.48 bits per heavy atom. The van der Waals surface area contributed by atoms with Crippen LogP contribution in [0.5, 0.6) is 0 Å². The van der Waals surface area contributed by atoms with Crippen LogP contribution in [-0.2, 0) is 4.79 Å². The third-order valence-electron chi connectivity index (χ3n) is 3.88. The van der Waals surface area contributed by atoms with Gasteiger partial charge in [-0.25, -0.2) is 0 Å². The van der Waals surface area contributed by atoms with Crippen molar-refractivity contribution >= 4 is 17.2 Å². The average Bonchev–Trinajstić information content (AvgIpc) is 3.00. The van der Waals surface area contributed by atoms with Crippen molar-refractivity contribution in [3.8, 4) is 0 Å². The van der Waals surface area contributed by atoms with Crippen LogP contribution in [0.1, 0.15) is 44.2 Å². The van der Waals surface area contributed by atoms with Crippen LogP contribution >= 0.6 is 11.3 Å². The molecule has 2 heterocycles. The fourth-order valence-corrected chi connectivity index (χ4v) is 3.27. The maximum Gasteiger partial charge on any atom is 0.389 e. The second-order valence-electron chi connectivity index (χ2n) is 5.47. The Labute approximate surface area is 126 Å². The van der Waals surface area contributed by atoms with E-state index in [0.29, 0.717) is 6.42 Å². The molecule has 2 atom stereocenters. The Morgan fingerprint density at radius 2 is 2.19 bits per heavy atom. The molecule has 21 heavy (non-hydrogen) atoms. The molecule has 0 aliphatic carbocycles. The van der Waals surface area contributed by atoms with Crippen molar-refractivity contribution in [2.75, 3.05) is 6.54 Å². The Bertz CT molecular complexity index is 489. The summed E-state index contributed by atoms with van der Waals surface area (Å²) in [4.78, 5) is 15.0. The summed E-state index contributed by atoms with van der Waals surface area (Å²) in [5, 5.41) is 5.17. The molecule has 7 heteroatoms. The predicted octanol–water partition coefficient (Wildman–Crippen LogP) is 3.69. The van der Waals surface area contributed by atoms with Crippen LogP contribution in [0.3, 0.4) is 0 Å². The molecule has 0 bridgehead atoms. The number of rotatable bonds is 5. The second kappa shape index (κ2) is 5.96. The van der Waals surface area contributed by atoms with Crippen molar-refractivity contribution in [2.45, 2.75) is 51.0 Å². The molecule has 2 unspecified atom stereocenters. The molecule has 0 aromatic carbocycles. The highest BCUT2D eigenvalue weighted by molar-refractivity contribution is 7.10. The third-order valence-corrected chi connectivity index (χ3v) is 4.80. The SMILES string of the molecule is CCC1(C)NC(c2cccs2)N(CCCC(F)(F)F)C1=O. The normalized spacial score (nSPS) is 26.6. The van der Waals surface area contributed by atoms with Crippen molar-refractivity contribution in [1.29, 1.82) is 0 Å². The first-order valence-electron chi connectivity index (χ1n) is 6.96. The number of nitrogens with one attached hydrogen (secondary N) is 1. The van der Waals surface area contributed by atoms with Gasteiger partial charge < -0.3 is 4.90 Å². The van der Waals surface area contributed by atoms with E-state index >= 15 is 0 Å². The molecule has 1 saturated heterocycles. The van der Waals surface area contributed by atoms with E-state index in [-0.39, 0.29) is 25.0 Å². The second-order valence-corrected chi connectivity index (χ2v) is 6.44. The van der Waals surface area contributed by atoms with Crippen molar-refractivity contribution in [3.63, 3.8) is 0 Å². The zero-order chi connectivity index (χ0) is 15.7. The summed E-state index contributed by atoms with van der Waals surface area (Å²) >= 11 is 1.50. The quantitative estimate of drug-likeness (QED) is 0.897. The molecule has 3 nitrogen and oxygen atoms in total. The fraction of sp³-hybridized carbons (Fsp3) is 0.643. The summed E-state index contributed by atoms with van der Waals surface area (Å²) in [6, 6.07) is 3.77. The standard InChI is InChI=1S/C14H19F3N2OS/c1-3-13(2)12(20)19(8-5-7-14(15,16)17)11(18-13)10-6-4-9-21-10/h4,6,9,11,18H,3,5,7-8H2,1-2H3. The lowest BCUT2D eigenvalue weighted by Crippen LogP contribution is -2.43. The number of nitrogens with zero attached hydrogens (tertiary/aromatic N) is 1. The highest BCUT2D eigenvalue weighted by Crippen LogP contribution is 2.35. The summed E-state index contributed by atoms with van der Waals surface area (Å²) in [5.41, 5.74) is -0.701. The Balaban J connectivity index is 2.12. The fourth-order valence-electron chi connectivity index (χ4n) is 2.48. The van der Waals surface area contributed by atoms with Gasteiger partial charge in [-0.1, -0.05) is 13.0 Å². The Morgan fingerprint density at radius 3 is 2.71 bits per heavy atom. The van der Waals surface area contributed by atoms with Gasteiger partial charge in [0.05, 0.1) is 5.54 Å². The van der Waals surface area contributed by atoms with Crippen molar-refractivity contribution in [1.82, 2.24) is 10.2 Å². The molecule has 1 N–H and O–H groups in total. The van der Waals surface area contributed by atoms with E-state index in [1.54, 1.807) is 11.8 Å². The molecule has 2 rings (SSSR count). The minimum atomic E-state index is -4.18. The highest BCUT2D eigenvalue weighted by Gasteiger charge is 2.47. The number of amides is 1. The number of hydrogen-bond acceptors (Lipinski definition) is 3. The van der Waals surface area contributed by atoms with Gasteiger partial charge in [0.1, 0.15) is 6.17 Å². The molecule has 1 fully saturated rings. The van der Waals surface area contributed by atoms with Crippen LogP contribution in [0.4, 0.5) is 13.2 Å². The summed E-state index contributed by atoms with van der Waals surface area (Å²) in [6.07, 6.45) is -4.84. The lowest BCUT2D eigenvalue weighted by Gasteiger charge is -2.23. The first-order valence-corrected chi connectivity index (χ1v) is 7.84. The van der Waals surface area contributed by atoms with Gasteiger partial charge in [0, 0.05) is 17.8 Å².